The van der Waals surface area contributed by atoms with E-state index >= 15 is 0 Å². The average Bonchev–Trinajstić information content (AvgIpc) is 3.06. The molecule has 0 bridgehead atoms. The van der Waals surface area contributed by atoms with Crippen LogP contribution in [0.2, 0.25) is 0 Å². The standard InChI is InChI=1S/C14H17N5OS/c1-2-9-20-11-6-4-3-5-10(11)13-16-17-14-19(13)18-12(21-14)7-8-15/h3-6H,2,7-9,15H2,1H3. The lowest BCUT2D eigenvalue weighted by atomic mass is 10.2. The van der Waals surface area contributed by atoms with Crippen molar-refractivity contribution in [3.8, 4) is 17.1 Å². The summed E-state index contributed by atoms with van der Waals surface area (Å²) in [6.07, 6.45) is 1.71. The molecule has 2 heterocycles. The zero-order valence-electron chi connectivity index (χ0n) is 11.8. The van der Waals surface area contributed by atoms with Crippen molar-refractivity contribution in [1.82, 2.24) is 19.8 Å². The number of ether oxygens (including phenoxy) is 1. The van der Waals surface area contributed by atoms with Gasteiger partial charge in [0, 0.05) is 6.42 Å². The lowest BCUT2D eigenvalue weighted by molar-refractivity contribution is 0.318. The maximum absolute atomic E-state index is 5.79. The van der Waals surface area contributed by atoms with Gasteiger partial charge >= 0.3 is 0 Å². The van der Waals surface area contributed by atoms with E-state index < -0.39 is 0 Å². The van der Waals surface area contributed by atoms with Gasteiger partial charge < -0.3 is 10.5 Å². The van der Waals surface area contributed by atoms with Gasteiger partial charge in [0.05, 0.1) is 12.2 Å². The van der Waals surface area contributed by atoms with Crippen LogP contribution in [-0.4, -0.2) is 33.0 Å². The van der Waals surface area contributed by atoms with Crippen LogP contribution < -0.4 is 10.5 Å². The molecule has 2 aromatic heterocycles. The highest BCUT2D eigenvalue weighted by Crippen LogP contribution is 2.29. The summed E-state index contributed by atoms with van der Waals surface area (Å²) in [6.45, 7) is 3.33. The number of fused-ring (bicyclic) bond motifs is 1. The summed E-state index contributed by atoms with van der Waals surface area (Å²) < 4.78 is 7.56. The van der Waals surface area contributed by atoms with E-state index in [1.54, 1.807) is 4.52 Å². The molecule has 6 nitrogen and oxygen atoms in total. The summed E-state index contributed by atoms with van der Waals surface area (Å²) in [7, 11) is 0. The molecule has 3 aromatic rings. The minimum Gasteiger partial charge on any atom is -0.493 e. The van der Waals surface area contributed by atoms with Crippen LogP contribution in [0, 0.1) is 0 Å². The second kappa shape index (κ2) is 6.19. The number of nitrogens with two attached hydrogens (primary N) is 1. The molecule has 2 N–H and O–H groups in total. The highest BCUT2D eigenvalue weighted by molar-refractivity contribution is 7.16. The van der Waals surface area contributed by atoms with Crippen molar-refractivity contribution in [1.29, 1.82) is 0 Å². The molecule has 21 heavy (non-hydrogen) atoms. The van der Waals surface area contributed by atoms with E-state index in [2.05, 4.69) is 22.2 Å². The molecule has 1 aromatic carbocycles. The predicted octanol–water partition coefficient (Wildman–Crippen LogP) is 2.14. The van der Waals surface area contributed by atoms with E-state index in [0.717, 1.165) is 34.1 Å². The second-order valence-corrected chi connectivity index (χ2v) is 5.64. The Kier molecular flexibility index (Phi) is 4.12. The third-order valence-corrected chi connectivity index (χ3v) is 3.94. The SMILES string of the molecule is CCCOc1ccccc1-c1nnc2sc(CCN)nn12. The Morgan fingerprint density at radius 2 is 2.14 bits per heavy atom. The van der Waals surface area contributed by atoms with Gasteiger partial charge in [-0.05, 0) is 25.1 Å². The molecule has 110 valence electrons. The van der Waals surface area contributed by atoms with Gasteiger partial charge in [0.1, 0.15) is 10.8 Å². The van der Waals surface area contributed by atoms with E-state index in [9.17, 15) is 0 Å². The van der Waals surface area contributed by atoms with Crippen LogP contribution in [0.25, 0.3) is 16.3 Å². The zero-order valence-corrected chi connectivity index (χ0v) is 12.6. The number of para-hydroxylation sites is 1. The first-order valence-corrected chi connectivity index (χ1v) is 7.78. The second-order valence-electron chi connectivity index (χ2n) is 4.60. The van der Waals surface area contributed by atoms with Crippen molar-refractivity contribution >= 4 is 16.3 Å². The molecule has 0 unspecified atom stereocenters. The molecule has 0 amide bonds. The molecular formula is C14H17N5OS. The maximum Gasteiger partial charge on any atom is 0.234 e. The van der Waals surface area contributed by atoms with Gasteiger partial charge in [-0.3, -0.25) is 0 Å². The van der Waals surface area contributed by atoms with E-state index in [-0.39, 0.29) is 0 Å². The molecule has 0 atom stereocenters. The summed E-state index contributed by atoms with van der Waals surface area (Å²) in [4.78, 5) is 0.777. The fraction of sp³-hybridized carbons (Fsp3) is 0.357. The van der Waals surface area contributed by atoms with Gasteiger partial charge in [0.2, 0.25) is 4.96 Å². The summed E-state index contributed by atoms with van der Waals surface area (Å²) in [6, 6.07) is 7.83. The molecule has 0 spiro atoms. The average molecular weight is 303 g/mol. The lowest BCUT2D eigenvalue weighted by Crippen LogP contribution is -2.03. The van der Waals surface area contributed by atoms with Crippen LogP contribution in [0.3, 0.4) is 0 Å². The van der Waals surface area contributed by atoms with Gasteiger partial charge in [-0.15, -0.1) is 10.2 Å². The third kappa shape index (κ3) is 2.74. The number of hydrogen-bond acceptors (Lipinski definition) is 6. The molecule has 3 rings (SSSR count). The van der Waals surface area contributed by atoms with E-state index in [4.69, 9.17) is 10.5 Å². The van der Waals surface area contributed by atoms with Gasteiger partial charge in [0.25, 0.3) is 0 Å². The minimum atomic E-state index is 0.579. The molecule has 0 radical (unpaired) electrons. The summed E-state index contributed by atoms with van der Waals surface area (Å²) in [5.41, 5.74) is 6.49. The van der Waals surface area contributed by atoms with E-state index in [0.29, 0.717) is 19.0 Å². The number of rotatable bonds is 6. The third-order valence-electron chi connectivity index (χ3n) is 2.98. The maximum atomic E-state index is 5.79. The fourth-order valence-corrected chi connectivity index (χ4v) is 2.89. The Morgan fingerprint density at radius 3 is 2.95 bits per heavy atom. The van der Waals surface area contributed by atoms with E-state index in [1.165, 1.54) is 11.3 Å². The largest absolute Gasteiger partial charge is 0.493 e. The first-order chi connectivity index (χ1) is 10.3. The van der Waals surface area contributed by atoms with Crippen molar-refractivity contribution in [2.24, 2.45) is 5.73 Å². The Morgan fingerprint density at radius 1 is 1.29 bits per heavy atom. The summed E-state index contributed by atoms with van der Waals surface area (Å²) in [5, 5.41) is 13.9. The molecular weight excluding hydrogens is 286 g/mol. The highest BCUT2D eigenvalue weighted by Gasteiger charge is 2.16. The first-order valence-electron chi connectivity index (χ1n) is 6.97. The van der Waals surface area contributed by atoms with Crippen molar-refractivity contribution in [3.05, 3.63) is 29.3 Å². The smallest absolute Gasteiger partial charge is 0.234 e. The normalized spacial score (nSPS) is 11.1. The van der Waals surface area contributed by atoms with E-state index in [1.807, 2.05) is 24.3 Å². The van der Waals surface area contributed by atoms with Crippen LogP contribution in [-0.2, 0) is 6.42 Å². The molecule has 0 aliphatic heterocycles. The van der Waals surface area contributed by atoms with Crippen molar-refractivity contribution < 1.29 is 4.74 Å². The van der Waals surface area contributed by atoms with Crippen molar-refractivity contribution in [2.75, 3.05) is 13.2 Å². The quantitative estimate of drug-likeness (QED) is 0.755. The predicted molar refractivity (Wildman–Crippen MR) is 82.6 cm³/mol. The molecule has 0 aliphatic rings. The zero-order chi connectivity index (χ0) is 14.7. The van der Waals surface area contributed by atoms with Crippen LogP contribution in [0.4, 0.5) is 0 Å². The van der Waals surface area contributed by atoms with Crippen LogP contribution >= 0.6 is 11.3 Å². The molecule has 0 saturated heterocycles. The first kappa shape index (κ1) is 14.0. The number of benzene rings is 1. The molecule has 0 fully saturated rings. The highest BCUT2D eigenvalue weighted by atomic mass is 32.1. The van der Waals surface area contributed by atoms with Crippen LogP contribution in [0.5, 0.6) is 5.75 Å². The number of nitrogens with zero attached hydrogens (tertiary/aromatic N) is 4. The minimum absolute atomic E-state index is 0.579. The number of aromatic nitrogens is 4. The van der Waals surface area contributed by atoms with Crippen molar-refractivity contribution in [2.45, 2.75) is 19.8 Å². The Labute approximate surface area is 126 Å². The van der Waals surface area contributed by atoms with Crippen LogP contribution in [0.15, 0.2) is 24.3 Å². The van der Waals surface area contributed by atoms with Crippen molar-refractivity contribution in [3.63, 3.8) is 0 Å². The Bertz CT molecular complexity index is 736. The van der Waals surface area contributed by atoms with Gasteiger partial charge in [-0.1, -0.05) is 30.4 Å². The summed E-state index contributed by atoms with van der Waals surface area (Å²) in [5.74, 6) is 1.51. The molecule has 0 saturated carbocycles. The molecule has 0 aliphatic carbocycles. The Balaban J connectivity index is 2.03. The topological polar surface area (TPSA) is 78.3 Å². The fourth-order valence-electron chi connectivity index (χ4n) is 2.04. The lowest BCUT2D eigenvalue weighted by Gasteiger charge is -2.08. The Hall–Kier alpha value is -1.99. The monoisotopic (exact) mass is 303 g/mol. The van der Waals surface area contributed by atoms with Gasteiger partial charge in [0.15, 0.2) is 5.82 Å². The molecule has 7 heteroatoms. The summed E-state index contributed by atoms with van der Waals surface area (Å²) >= 11 is 1.52. The van der Waals surface area contributed by atoms with Gasteiger partial charge in [-0.2, -0.15) is 9.61 Å². The van der Waals surface area contributed by atoms with Crippen LogP contribution in [0.1, 0.15) is 18.4 Å². The number of hydrogen-bond donors (Lipinski definition) is 1. The van der Waals surface area contributed by atoms with Gasteiger partial charge in [-0.25, -0.2) is 0 Å².